The first-order chi connectivity index (χ1) is 15.3. The van der Waals surface area contributed by atoms with Gasteiger partial charge in [0.15, 0.2) is 0 Å². The standard InChI is InChI=1S/C24H17ClN2O5/c1-14-4-2-3-5-19(14)26-21(15-8-12-18(13-9-15)27(31)32)20(23(29)24(26)30)22(28)16-6-10-17(25)11-7-16/h2-13,21,28H,1H3/b22-20+. The molecule has 0 aromatic heterocycles. The maximum absolute atomic E-state index is 13.1. The number of aryl methyl sites for hydroxylation is 1. The molecule has 4 rings (SSSR count). The predicted octanol–water partition coefficient (Wildman–Crippen LogP) is 5.18. The first kappa shape index (κ1) is 21.3. The molecule has 0 bridgehead atoms. The highest BCUT2D eigenvalue weighted by atomic mass is 35.5. The van der Waals surface area contributed by atoms with Crippen LogP contribution in [0.3, 0.4) is 0 Å². The molecule has 1 heterocycles. The third kappa shape index (κ3) is 3.63. The predicted molar refractivity (Wildman–Crippen MR) is 121 cm³/mol. The van der Waals surface area contributed by atoms with Crippen molar-refractivity contribution in [3.8, 4) is 0 Å². The van der Waals surface area contributed by atoms with Crippen LogP contribution >= 0.6 is 11.6 Å². The molecule has 1 unspecified atom stereocenters. The van der Waals surface area contributed by atoms with E-state index in [9.17, 15) is 24.8 Å². The summed E-state index contributed by atoms with van der Waals surface area (Å²) < 4.78 is 0. The van der Waals surface area contributed by atoms with Gasteiger partial charge in [0.05, 0.1) is 16.5 Å². The molecule has 1 aliphatic heterocycles. The number of aliphatic hydroxyl groups excluding tert-OH is 1. The molecule has 32 heavy (non-hydrogen) atoms. The number of anilines is 1. The number of hydrogen-bond donors (Lipinski definition) is 1. The minimum absolute atomic E-state index is 0.102. The zero-order valence-electron chi connectivity index (χ0n) is 16.9. The maximum atomic E-state index is 13.1. The topological polar surface area (TPSA) is 101 Å². The molecule has 8 heteroatoms. The van der Waals surface area contributed by atoms with Gasteiger partial charge in [-0.25, -0.2) is 0 Å². The molecular formula is C24H17ClN2O5. The lowest BCUT2D eigenvalue weighted by Crippen LogP contribution is -2.30. The SMILES string of the molecule is Cc1ccccc1N1C(=O)C(=O)/C(=C(/O)c2ccc(Cl)cc2)C1c1ccc([N+](=O)[O-])cc1. The zero-order valence-corrected chi connectivity index (χ0v) is 17.6. The molecular weight excluding hydrogens is 432 g/mol. The number of carbonyl (C=O) groups is 2. The van der Waals surface area contributed by atoms with Gasteiger partial charge in [0.2, 0.25) is 0 Å². The van der Waals surface area contributed by atoms with Crippen molar-refractivity contribution in [3.63, 3.8) is 0 Å². The van der Waals surface area contributed by atoms with Gasteiger partial charge in [-0.05, 0) is 60.5 Å². The highest BCUT2D eigenvalue weighted by Crippen LogP contribution is 2.43. The molecule has 1 N–H and O–H groups in total. The molecule has 1 atom stereocenters. The number of benzene rings is 3. The first-order valence-electron chi connectivity index (χ1n) is 9.66. The van der Waals surface area contributed by atoms with E-state index in [1.165, 1.54) is 29.2 Å². The van der Waals surface area contributed by atoms with Gasteiger partial charge >= 0.3 is 0 Å². The van der Waals surface area contributed by atoms with Gasteiger partial charge in [0, 0.05) is 28.4 Å². The van der Waals surface area contributed by atoms with Crippen LogP contribution in [0.2, 0.25) is 5.02 Å². The first-order valence-corrected chi connectivity index (χ1v) is 10.0. The van der Waals surface area contributed by atoms with Gasteiger partial charge < -0.3 is 5.11 Å². The largest absolute Gasteiger partial charge is 0.507 e. The number of para-hydroxylation sites is 1. The molecule has 0 radical (unpaired) electrons. The molecule has 7 nitrogen and oxygen atoms in total. The quantitative estimate of drug-likeness (QED) is 0.195. The Morgan fingerprint density at radius 1 is 1.00 bits per heavy atom. The van der Waals surface area contributed by atoms with E-state index in [1.54, 1.807) is 49.4 Å². The van der Waals surface area contributed by atoms with Crippen LogP contribution in [0.5, 0.6) is 0 Å². The molecule has 1 saturated heterocycles. The number of Topliss-reactive ketones (excluding diaryl/α,β-unsaturated/α-hetero) is 1. The molecule has 3 aromatic carbocycles. The fraction of sp³-hybridized carbons (Fsp3) is 0.0833. The van der Waals surface area contributed by atoms with Crippen molar-refractivity contribution in [3.05, 3.63) is 110 Å². The molecule has 0 aliphatic carbocycles. The molecule has 1 aliphatic rings. The fourth-order valence-electron chi connectivity index (χ4n) is 3.77. The van der Waals surface area contributed by atoms with E-state index in [1.807, 2.05) is 6.07 Å². The number of carbonyl (C=O) groups excluding carboxylic acids is 2. The van der Waals surface area contributed by atoms with Crippen LogP contribution in [0, 0.1) is 17.0 Å². The molecule has 0 saturated carbocycles. The number of amides is 1. The summed E-state index contributed by atoms with van der Waals surface area (Å²) in [4.78, 5) is 38.1. The summed E-state index contributed by atoms with van der Waals surface area (Å²) in [5, 5.41) is 22.6. The van der Waals surface area contributed by atoms with E-state index in [0.717, 1.165) is 5.56 Å². The van der Waals surface area contributed by atoms with Gasteiger partial charge in [-0.3, -0.25) is 24.6 Å². The maximum Gasteiger partial charge on any atom is 0.300 e. The monoisotopic (exact) mass is 448 g/mol. The van der Waals surface area contributed by atoms with Gasteiger partial charge in [0.1, 0.15) is 5.76 Å². The third-order valence-electron chi connectivity index (χ3n) is 5.36. The number of nitro groups is 1. The number of rotatable bonds is 4. The number of non-ortho nitro benzene ring substituents is 1. The molecule has 1 fully saturated rings. The van der Waals surface area contributed by atoms with E-state index >= 15 is 0 Å². The number of ketones is 1. The average Bonchev–Trinajstić information content (AvgIpc) is 3.05. The minimum atomic E-state index is -0.965. The van der Waals surface area contributed by atoms with Crippen molar-refractivity contribution in [2.45, 2.75) is 13.0 Å². The van der Waals surface area contributed by atoms with Crippen molar-refractivity contribution in [2.24, 2.45) is 0 Å². The van der Waals surface area contributed by atoms with Crippen LogP contribution in [-0.2, 0) is 9.59 Å². The summed E-state index contributed by atoms with van der Waals surface area (Å²) in [7, 11) is 0. The minimum Gasteiger partial charge on any atom is -0.507 e. The van der Waals surface area contributed by atoms with E-state index in [0.29, 0.717) is 21.8 Å². The smallest absolute Gasteiger partial charge is 0.300 e. The Bertz CT molecular complexity index is 1270. The van der Waals surface area contributed by atoms with E-state index < -0.39 is 22.7 Å². The van der Waals surface area contributed by atoms with E-state index in [-0.39, 0.29) is 17.0 Å². The summed E-state index contributed by atoms with van der Waals surface area (Å²) in [6.45, 7) is 1.81. The molecule has 0 spiro atoms. The van der Waals surface area contributed by atoms with Crippen molar-refractivity contribution < 1.29 is 19.6 Å². The summed E-state index contributed by atoms with van der Waals surface area (Å²) in [5.41, 5.74) is 1.81. The van der Waals surface area contributed by atoms with Gasteiger partial charge in [-0.15, -0.1) is 0 Å². The highest BCUT2D eigenvalue weighted by molar-refractivity contribution is 6.51. The number of halogens is 1. The van der Waals surface area contributed by atoms with Crippen molar-refractivity contribution in [1.29, 1.82) is 0 Å². The van der Waals surface area contributed by atoms with Crippen molar-refractivity contribution in [2.75, 3.05) is 4.90 Å². The Kier molecular flexibility index (Phi) is 5.50. The van der Waals surface area contributed by atoms with Gasteiger partial charge in [-0.2, -0.15) is 0 Å². The van der Waals surface area contributed by atoms with Crippen LogP contribution < -0.4 is 4.90 Å². The summed E-state index contributed by atoms with van der Waals surface area (Å²) in [5.74, 6) is -1.98. The van der Waals surface area contributed by atoms with E-state index in [2.05, 4.69) is 0 Å². The number of hydrogen-bond acceptors (Lipinski definition) is 5. The lowest BCUT2D eigenvalue weighted by molar-refractivity contribution is -0.384. The Morgan fingerprint density at radius 2 is 1.62 bits per heavy atom. The van der Waals surface area contributed by atoms with Crippen LogP contribution in [0.15, 0.2) is 78.4 Å². The Morgan fingerprint density at radius 3 is 2.22 bits per heavy atom. The van der Waals surface area contributed by atoms with Crippen molar-refractivity contribution >= 4 is 40.4 Å². The summed E-state index contributed by atoms with van der Waals surface area (Å²) in [6.07, 6.45) is 0. The lowest BCUT2D eigenvalue weighted by atomic mass is 9.94. The highest BCUT2D eigenvalue weighted by Gasteiger charge is 2.47. The molecule has 160 valence electrons. The average molecular weight is 449 g/mol. The normalized spacial score (nSPS) is 17.6. The van der Waals surface area contributed by atoms with Gasteiger partial charge in [-0.1, -0.05) is 29.8 Å². The number of aliphatic hydroxyl groups is 1. The van der Waals surface area contributed by atoms with Crippen LogP contribution in [0.4, 0.5) is 11.4 Å². The molecule has 3 aromatic rings. The zero-order chi connectivity index (χ0) is 23.0. The van der Waals surface area contributed by atoms with Gasteiger partial charge in [0.25, 0.3) is 17.4 Å². The second-order valence-corrected chi connectivity index (χ2v) is 7.75. The second-order valence-electron chi connectivity index (χ2n) is 7.31. The Balaban J connectivity index is 1.95. The number of nitro benzene ring substituents is 1. The fourth-order valence-corrected chi connectivity index (χ4v) is 3.90. The lowest BCUT2D eigenvalue weighted by Gasteiger charge is -2.26. The van der Waals surface area contributed by atoms with Crippen molar-refractivity contribution in [1.82, 2.24) is 0 Å². The Hall–Kier alpha value is -3.97. The third-order valence-corrected chi connectivity index (χ3v) is 5.61. The van der Waals surface area contributed by atoms with Crippen LogP contribution in [0.1, 0.15) is 22.7 Å². The Labute approximate surface area is 188 Å². The van der Waals surface area contributed by atoms with E-state index in [4.69, 9.17) is 11.6 Å². The summed E-state index contributed by atoms with van der Waals surface area (Å²) in [6, 6.07) is 17.9. The summed E-state index contributed by atoms with van der Waals surface area (Å²) >= 11 is 5.93. The number of nitrogens with zero attached hydrogens (tertiary/aromatic N) is 2. The van der Waals surface area contributed by atoms with Crippen LogP contribution in [0.25, 0.3) is 5.76 Å². The second kappa shape index (κ2) is 8.28. The van der Waals surface area contributed by atoms with Crippen LogP contribution in [-0.4, -0.2) is 21.7 Å². The molecule has 1 amide bonds.